The number of hydrogen-bond donors (Lipinski definition) is 1. The van der Waals surface area contributed by atoms with Crippen LogP contribution in [-0.4, -0.2) is 21.0 Å². The number of benzene rings is 2. The first-order valence-electron chi connectivity index (χ1n) is 9.43. The van der Waals surface area contributed by atoms with Crippen LogP contribution < -0.4 is 0 Å². The van der Waals surface area contributed by atoms with Gasteiger partial charge in [-0.25, -0.2) is 9.97 Å². The van der Waals surface area contributed by atoms with Crippen LogP contribution in [0.1, 0.15) is 27.6 Å². The Hall–Kier alpha value is -3.20. The molecule has 160 valence electrons. The predicted molar refractivity (Wildman–Crippen MR) is 110 cm³/mol. The summed E-state index contributed by atoms with van der Waals surface area (Å²) in [5.41, 5.74) is 2.63. The zero-order valence-corrected chi connectivity index (χ0v) is 17.2. The van der Waals surface area contributed by atoms with Gasteiger partial charge in [-0.2, -0.15) is 13.2 Å². The molecule has 0 radical (unpaired) electrons. The minimum atomic E-state index is -4.36. The number of aliphatic carboxylic acids is 1. The van der Waals surface area contributed by atoms with Crippen molar-refractivity contribution in [3.63, 3.8) is 0 Å². The number of aromatic nitrogens is 2. The van der Waals surface area contributed by atoms with E-state index in [0.717, 1.165) is 22.7 Å². The quantitative estimate of drug-likeness (QED) is 0.412. The molecule has 1 N–H and O–H groups in total. The third-order valence-electron chi connectivity index (χ3n) is 4.77. The first-order chi connectivity index (χ1) is 14.7. The maximum Gasteiger partial charge on any atom is 0.416 e. The lowest BCUT2D eigenvalue weighted by Gasteiger charge is -2.06. The first kappa shape index (κ1) is 21.0. The molecule has 4 aromatic rings. The second-order valence-electron chi connectivity index (χ2n) is 7.08. The number of rotatable bonds is 6. The average molecular weight is 446 g/mol. The molecule has 2 heterocycles. The lowest BCUT2D eigenvalue weighted by atomic mass is 10.1. The molecule has 0 fully saturated rings. The van der Waals surface area contributed by atoms with Crippen LogP contribution in [0.15, 0.2) is 46.9 Å². The van der Waals surface area contributed by atoms with Gasteiger partial charge in [0.05, 0.1) is 17.7 Å². The highest BCUT2D eigenvalue weighted by Crippen LogP contribution is 2.33. The van der Waals surface area contributed by atoms with Gasteiger partial charge in [0, 0.05) is 16.9 Å². The van der Waals surface area contributed by atoms with E-state index in [0.29, 0.717) is 46.0 Å². The van der Waals surface area contributed by atoms with Gasteiger partial charge in [-0.1, -0.05) is 18.2 Å². The fourth-order valence-corrected chi connectivity index (χ4v) is 4.29. The molecule has 0 spiro atoms. The van der Waals surface area contributed by atoms with Crippen molar-refractivity contribution in [3.05, 3.63) is 70.1 Å². The van der Waals surface area contributed by atoms with Crippen LogP contribution >= 0.6 is 11.3 Å². The molecule has 9 heteroatoms. The number of alkyl halides is 3. The Bertz CT molecular complexity index is 1240. The number of nitrogens with zero attached hydrogens (tertiary/aromatic N) is 2. The lowest BCUT2D eigenvalue weighted by molar-refractivity contribution is -0.138. The minimum Gasteiger partial charge on any atom is -0.481 e. The number of oxazole rings is 1. The molecule has 0 aliphatic heterocycles. The van der Waals surface area contributed by atoms with Crippen molar-refractivity contribution in [3.8, 4) is 10.6 Å². The minimum absolute atomic E-state index is 0.0785. The molecule has 4 rings (SSSR count). The van der Waals surface area contributed by atoms with Crippen LogP contribution in [0, 0.1) is 6.92 Å². The van der Waals surface area contributed by atoms with E-state index in [1.54, 1.807) is 18.2 Å². The molecule has 0 aliphatic carbocycles. The van der Waals surface area contributed by atoms with E-state index in [9.17, 15) is 18.0 Å². The van der Waals surface area contributed by atoms with Crippen molar-refractivity contribution < 1.29 is 27.5 Å². The fourth-order valence-electron chi connectivity index (χ4n) is 3.22. The van der Waals surface area contributed by atoms with Gasteiger partial charge in [-0.05, 0) is 43.2 Å². The fraction of sp³-hybridized carbons (Fsp3) is 0.227. The van der Waals surface area contributed by atoms with Crippen molar-refractivity contribution in [2.75, 3.05) is 0 Å². The van der Waals surface area contributed by atoms with Gasteiger partial charge in [-0.15, -0.1) is 11.3 Å². The summed E-state index contributed by atoms with van der Waals surface area (Å²) in [4.78, 5) is 20.8. The Morgan fingerprint density at radius 2 is 1.84 bits per heavy atom. The Labute approximate surface area is 179 Å². The molecule has 0 unspecified atom stereocenters. The first-order valence-corrected chi connectivity index (χ1v) is 10.2. The molecule has 2 aromatic carbocycles. The second-order valence-corrected chi connectivity index (χ2v) is 8.17. The number of aryl methyl sites for hydroxylation is 3. The van der Waals surface area contributed by atoms with Gasteiger partial charge in [-0.3, -0.25) is 4.79 Å². The highest BCUT2D eigenvalue weighted by Gasteiger charge is 2.30. The lowest BCUT2D eigenvalue weighted by Crippen LogP contribution is -2.03. The van der Waals surface area contributed by atoms with E-state index in [1.165, 1.54) is 23.5 Å². The highest BCUT2D eigenvalue weighted by molar-refractivity contribution is 7.15. The molecule has 0 saturated carbocycles. The Morgan fingerprint density at radius 3 is 2.52 bits per heavy atom. The molecule has 0 aliphatic rings. The van der Waals surface area contributed by atoms with Crippen LogP contribution in [0.25, 0.3) is 21.7 Å². The molecule has 5 nitrogen and oxygen atoms in total. The van der Waals surface area contributed by atoms with Gasteiger partial charge >= 0.3 is 12.1 Å². The van der Waals surface area contributed by atoms with Crippen LogP contribution in [0.4, 0.5) is 13.2 Å². The van der Waals surface area contributed by atoms with Crippen LogP contribution in [0.2, 0.25) is 0 Å². The van der Waals surface area contributed by atoms with E-state index >= 15 is 0 Å². The highest BCUT2D eigenvalue weighted by atomic mass is 32.1. The Balaban J connectivity index is 1.48. The number of carboxylic acid groups (broad SMARTS) is 1. The third-order valence-corrected chi connectivity index (χ3v) is 6.04. The van der Waals surface area contributed by atoms with E-state index in [2.05, 4.69) is 9.97 Å². The van der Waals surface area contributed by atoms with Crippen molar-refractivity contribution in [1.29, 1.82) is 0 Å². The number of halogens is 3. The topological polar surface area (TPSA) is 76.2 Å². The molecule has 0 amide bonds. The maximum absolute atomic E-state index is 12.8. The second kappa shape index (κ2) is 8.14. The average Bonchev–Trinajstić information content (AvgIpc) is 3.28. The Morgan fingerprint density at radius 1 is 1.10 bits per heavy atom. The molecule has 0 bridgehead atoms. The van der Waals surface area contributed by atoms with Crippen LogP contribution in [0.3, 0.4) is 0 Å². The van der Waals surface area contributed by atoms with Crippen LogP contribution in [-0.2, 0) is 30.2 Å². The largest absolute Gasteiger partial charge is 0.481 e. The Kier molecular flexibility index (Phi) is 5.53. The molecular formula is C22H17F3N2O3S. The van der Waals surface area contributed by atoms with Crippen molar-refractivity contribution in [2.24, 2.45) is 0 Å². The van der Waals surface area contributed by atoms with Crippen LogP contribution in [0.5, 0.6) is 0 Å². The van der Waals surface area contributed by atoms with E-state index in [1.807, 2.05) is 6.92 Å². The summed E-state index contributed by atoms with van der Waals surface area (Å²) in [6.45, 7) is 1.86. The summed E-state index contributed by atoms with van der Waals surface area (Å²) in [5.74, 6) is -0.376. The summed E-state index contributed by atoms with van der Waals surface area (Å²) in [7, 11) is 0. The van der Waals surface area contributed by atoms with Gasteiger partial charge in [0.1, 0.15) is 10.5 Å². The summed E-state index contributed by atoms with van der Waals surface area (Å²) < 4.78 is 44.0. The molecular weight excluding hydrogens is 429 g/mol. The summed E-state index contributed by atoms with van der Waals surface area (Å²) in [6, 6.07) is 10.1. The summed E-state index contributed by atoms with van der Waals surface area (Å²) >= 11 is 1.43. The molecule has 31 heavy (non-hydrogen) atoms. The van der Waals surface area contributed by atoms with Crippen molar-refractivity contribution in [1.82, 2.24) is 9.97 Å². The molecule has 0 saturated heterocycles. The third kappa shape index (κ3) is 4.77. The van der Waals surface area contributed by atoms with E-state index < -0.39 is 17.7 Å². The zero-order valence-electron chi connectivity index (χ0n) is 16.4. The van der Waals surface area contributed by atoms with Gasteiger partial charge in [0.15, 0.2) is 11.5 Å². The maximum atomic E-state index is 12.8. The number of carboxylic acids is 1. The number of hydrogen-bond acceptors (Lipinski definition) is 5. The SMILES string of the molecule is Cc1nc(-c2ccc(C(F)(F)F)cc2)sc1CCc1nc2cc(CC(=O)O)ccc2o1. The van der Waals surface area contributed by atoms with Crippen molar-refractivity contribution >= 4 is 28.4 Å². The van der Waals surface area contributed by atoms with Gasteiger partial charge in [0.25, 0.3) is 0 Å². The molecule has 2 aromatic heterocycles. The standard InChI is InChI=1S/C22H17F3N2O3S/c1-12-18(31-21(26-12)14-3-5-15(6-4-14)22(23,24)25)8-9-19-27-16-10-13(11-20(28)29)2-7-17(16)30-19/h2-7,10H,8-9,11H2,1H3,(H,28,29). The normalized spacial score (nSPS) is 11.9. The number of thiazole rings is 1. The number of carbonyl (C=O) groups is 1. The van der Waals surface area contributed by atoms with Gasteiger partial charge < -0.3 is 9.52 Å². The number of fused-ring (bicyclic) bond motifs is 1. The van der Waals surface area contributed by atoms with E-state index in [-0.39, 0.29) is 6.42 Å². The molecule has 0 atom stereocenters. The van der Waals surface area contributed by atoms with Gasteiger partial charge in [0.2, 0.25) is 0 Å². The zero-order chi connectivity index (χ0) is 22.2. The monoisotopic (exact) mass is 446 g/mol. The smallest absolute Gasteiger partial charge is 0.416 e. The summed E-state index contributed by atoms with van der Waals surface area (Å²) in [6.07, 6.45) is -3.29. The predicted octanol–water partition coefficient (Wildman–Crippen LogP) is 5.69. The summed E-state index contributed by atoms with van der Waals surface area (Å²) in [5, 5.41) is 9.58. The van der Waals surface area contributed by atoms with Crippen molar-refractivity contribution in [2.45, 2.75) is 32.4 Å². The van der Waals surface area contributed by atoms with E-state index in [4.69, 9.17) is 9.52 Å².